The lowest BCUT2D eigenvalue weighted by atomic mass is 9.93. The van der Waals surface area contributed by atoms with Crippen molar-refractivity contribution in [3.63, 3.8) is 0 Å². The van der Waals surface area contributed by atoms with Crippen molar-refractivity contribution < 1.29 is 4.79 Å². The Morgan fingerprint density at radius 2 is 1.89 bits per heavy atom. The predicted octanol–water partition coefficient (Wildman–Crippen LogP) is 3.93. The van der Waals surface area contributed by atoms with Gasteiger partial charge >= 0.3 is 0 Å². The summed E-state index contributed by atoms with van der Waals surface area (Å²) in [6.07, 6.45) is 4.37. The molecular formula is C16H22ClNO. The Morgan fingerprint density at radius 1 is 1.21 bits per heavy atom. The van der Waals surface area contributed by atoms with Gasteiger partial charge in [0.1, 0.15) is 0 Å². The number of halogens is 1. The van der Waals surface area contributed by atoms with Crippen LogP contribution in [0.2, 0.25) is 0 Å². The van der Waals surface area contributed by atoms with E-state index in [4.69, 9.17) is 11.6 Å². The quantitative estimate of drug-likeness (QED) is 0.751. The lowest BCUT2D eigenvalue weighted by Gasteiger charge is -2.35. The van der Waals surface area contributed by atoms with Gasteiger partial charge in [0.2, 0.25) is 0 Å². The second-order valence-corrected chi connectivity index (χ2v) is 6.14. The molecule has 19 heavy (non-hydrogen) atoms. The number of carbonyl (C=O) groups excluding carboxylic acids is 1. The summed E-state index contributed by atoms with van der Waals surface area (Å²) in [4.78, 5) is 14.4. The third-order valence-corrected chi connectivity index (χ3v) is 4.73. The van der Waals surface area contributed by atoms with Gasteiger partial charge in [-0.3, -0.25) is 4.79 Å². The first kappa shape index (κ1) is 14.4. The minimum absolute atomic E-state index is 0.0839. The molecule has 2 nitrogen and oxygen atoms in total. The average molecular weight is 280 g/mol. The Bertz CT molecular complexity index is 472. The summed E-state index contributed by atoms with van der Waals surface area (Å²) >= 11 is 6.37. The topological polar surface area (TPSA) is 20.3 Å². The van der Waals surface area contributed by atoms with Crippen LogP contribution in [0.4, 0.5) is 0 Å². The molecule has 104 valence electrons. The minimum Gasteiger partial charge on any atom is -0.337 e. The molecule has 0 aromatic heterocycles. The van der Waals surface area contributed by atoms with E-state index in [1.165, 1.54) is 18.4 Å². The zero-order valence-corrected chi connectivity index (χ0v) is 12.7. The summed E-state index contributed by atoms with van der Waals surface area (Å²) in [6, 6.07) is 6.06. The number of rotatable bonds is 2. The van der Waals surface area contributed by atoms with Gasteiger partial charge in [-0.25, -0.2) is 0 Å². The van der Waals surface area contributed by atoms with Crippen LogP contribution in [-0.2, 0) is 0 Å². The molecule has 0 radical (unpaired) electrons. The minimum atomic E-state index is 0.0839. The number of nitrogens with zero attached hydrogens (tertiary/aromatic N) is 1. The van der Waals surface area contributed by atoms with Crippen LogP contribution in [-0.4, -0.2) is 29.3 Å². The fourth-order valence-corrected chi connectivity index (χ4v) is 3.18. The van der Waals surface area contributed by atoms with Crippen LogP contribution >= 0.6 is 11.6 Å². The number of hydrogen-bond donors (Lipinski definition) is 0. The maximum atomic E-state index is 12.5. The summed E-state index contributed by atoms with van der Waals surface area (Å²) < 4.78 is 0. The van der Waals surface area contributed by atoms with Crippen LogP contribution in [0.3, 0.4) is 0 Å². The van der Waals surface area contributed by atoms with Crippen molar-refractivity contribution in [3.05, 3.63) is 34.9 Å². The molecule has 3 heteroatoms. The fraction of sp³-hybridized carbons (Fsp3) is 0.562. The van der Waals surface area contributed by atoms with Crippen LogP contribution in [0.15, 0.2) is 18.2 Å². The zero-order chi connectivity index (χ0) is 14.0. The Labute approximate surface area is 120 Å². The highest BCUT2D eigenvalue weighted by Crippen LogP contribution is 2.27. The molecule has 1 aliphatic rings. The summed E-state index contributed by atoms with van der Waals surface area (Å²) in [7, 11) is 1.88. The third kappa shape index (κ3) is 3.11. The molecule has 1 aromatic carbocycles. The molecule has 0 saturated heterocycles. The van der Waals surface area contributed by atoms with Gasteiger partial charge in [-0.1, -0.05) is 18.9 Å². The van der Waals surface area contributed by atoms with Crippen molar-refractivity contribution in [2.75, 3.05) is 7.05 Å². The molecule has 1 saturated carbocycles. The largest absolute Gasteiger partial charge is 0.337 e. The fourth-order valence-electron chi connectivity index (χ4n) is 2.73. The standard InChI is InChI=1S/C16H22ClNO/c1-11-8-9-13(10-12(11)2)16(19)18(3)15-7-5-4-6-14(15)17/h8-10,14-15H,4-7H2,1-3H3. The monoisotopic (exact) mass is 279 g/mol. The third-order valence-electron chi connectivity index (χ3n) is 4.22. The van der Waals surface area contributed by atoms with E-state index in [2.05, 4.69) is 6.92 Å². The Balaban J connectivity index is 2.15. The lowest BCUT2D eigenvalue weighted by Crippen LogP contribution is -2.44. The smallest absolute Gasteiger partial charge is 0.253 e. The van der Waals surface area contributed by atoms with Gasteiger partial charge in [0.15, 0.2) is 0 Å². The normalized spacial score (nSPS) is 23.2. The molecule has 0 aliphatic heterocycles. The molecule has 0 N–H and O–H groups in total. The van der Waals surface area contributed by atoms with E-state index in [-0.39, 0.29) is 17.3 Å². The lowest BCUT2D eigenvalue weighted by molar-refractivity contribution is 0.0700. The highest BCUT2D eigenvalue weighted by molar-refractivity contribution is 6.21. The zero-order valence-electron chi connectivity index (χ0n) is 11.9. The Morgan fingerprint density at radius 3 is 2.53 bits per heavy atom. The highest BCUT2D eigenvalue weighted by Gasteiger charge is 2.29. The molecule has 2 rings (SSSR count). The average Bonchev–Trinajstić information content (AvgIpc) is 2.41. The number of amides is 1. The molecule has 1 amide bonds. The van der Waals surface area contributed by atoms with Crippen LogP contribution in [0, 0.1) is 13.8 Å². The number of aryl methyl sites for hydroxylation is 2. The molecule has 0 spiro atoms. The van der Waals surface area contributed by atoms with Crippen molar-refractivity contribution >= 4 is 17.5 Å². The van der Waals surface area contributed by atoms with Crippen molar-refractivity contribution in [3.8, 4) is 0 Å². The number of alkyl halides is 1. The summed E-state index contributed by atoms with van der Waals surface area (Å²) in [5, 5.41) is 0.0919. The Kier molecular flexibility index (Phi) is 4.51. The second-order valence-electron chi connectivity index (χ2n) is 5.58. The van der Waals surface area contributed by atoms with E-state index in [1.54, 1.807) is 0 Å². The van der Waals surface area contributed by atoms with Crippen molar-refractivity contribution in [2.24, 2.45) is 0 Å². The second kappa shape index (κ2) is 5.96. The summed E-state index contributed by atoms with van der Waals surface area (Å²) in [5.41, 5.74) is 3.14. The van der Waals surface area contributed by atoms with E-state index >= 15 is 0 Å². The van der Waals surface area contributed by atoms with Gasteiger partial charge in [0.05, 0.1) is 5.38 Å². The van der Waals surface area contributed by atoms with Gasteiger partial charge in [0.25, 0.3) is 5.91 Å². The van der Waals surface area contributed by atoms with Crippen molar-refractivity contribution in [1.29, 1.82) is 0 Å². The first-order valence-electron chi connectivity index (χ1n) is 6.99. The highest BCUT2D eigenvalue weighted by atomic mass is 35.5. The molecule has 2 unspecified atom stereocenters. The van der Waals surface area contributed by atoms with Gasteiger partial charge in [-0.15, -0.1) is 11.6 Å². The van der Waals surface area contributed by atoms with E-state index in [0.717, 1.165) is 24.0 Å². The van der Waals surface area contributed by atoms with E-state index in [9.17, 15) is 4.79 Å². The number of hydrogen-bond acceptors (Lipinski definition) is 1. The predicted molar refractivity (Wildman–Crippen MR) is 79.9 cm³/mol. The van der Waals surface area contributed by atoms with Crippen LogP contribution in [0.5, 0.6) is 0 Å². The van der Waals surface area contributed by atoms with Crippen molar-refractivity contribution in [2.45, 2.75) is 50.9 Å². The van der Waals surface area contributed by atoms with Crippen LogP contribution in [0.25, 0.3) is 0 Å². The van der Waals surface area contributed by atoms with Crippen molar-refractivity contribution in [1.82, 2.24) is 4.90 Å². The molecule has 1 fully saturated rings. The van der Waals surface area contributed by atoms with Gasteiger partial charge in [0, 0.05) is 18.7 Å². The first-order valence-corrected chi connectivity index (χ1v) is 7.43. The SMILES string of the molecule is Cc1ccc(C(=O)N(C)C2CCCCC2Cl)cc1C. The molecular weight excluding hydrogens is 258 g/mol. The maximum Gasteiger partial charge on any atom is 0.253 e. The van der Waals surface area contributed by atoms with E-state index in [1.807, 2.05) is 37.1 Å². The summed E-state index contributed by atoms with van der Waals surface area (Å²) in [6.45, 7) is 4.10. The van der Waals surface area contributed by atoms with Crippen LogP contribution in [0.1, 0.15) is 47.2 Å². The molecule has 2 atom stereocenters. The van der Waals surface area contributed by atoms with E-state index < -0.39 is 0 Å². The molecule has 0 heterocycles. The number of benzene rings is 1. The molecule has 1 aromatic rings. The first-order chi connectivity index (χ1) is 9.00. The van der Waals surface area contributed by atoms with Gasteiger partial charge in [-0.05, 0) is 49.9 Å². The van der Waals surface area contributed by atoms with Gasteiger partial charge in [-0.2, -0.15) is 0 Å². The molecule has 0 bridgehead atoms. The summed E-state index contributed by atoms with van der Waals surface area (Å²) in [5.74, 6) is 0.0839. The van der Waals surface area contributed by atoms with E-state index in [0.29, 0.717) is 0 Å². The molecule has 1 aliphatic carbocycles. The Hall–Kier alpha value is -1.02. The maximum absolute atomic E-state index is 12.5. The van der Waals surface area contributed by atoms with Gasteiger partial charge < -0.3 is 4.90 Å². The number of carbonyl (C=O) groups is 1. The van der Waals surface area contributed by atoms with Crippen LogP contribution < -0.4 is 0 Å².